The van der Waals surface area contributed by atoms with Crippen molar-refractivity contribution in [1.29, 1.82) is 0 Å². The number of halogens is 1. The average Bonchev–Trinajstić information content (AvgIpc) is 3.24. The first-order valence-electron chi connectivity index (χ1n) is 9.73. The molecule has 1 heterocycles. The number of thiazole rings is 1. The first kappa shape index (κ1) is 22.1. The molecule has 0 unspecified atom stereocenters. The van der Waals surface area contributed by atoms with Gasteiger partial charge < -0.3 is 10.5 Å². The van der Waals surface area contributed by atoms with Crippen LogP contribution in [0, 0.1) is 0 Å². The molecule has 0 amide bonds. The fraction of sp³-hybridized carbons (Fsp3) is 0.0870. The third-order valence-corrected chi connectivity index (χ3v) is 7.21. The number of benzene rings is 3. The molecule has 4 aromatic rings. The van der Waals surface area contributed by atoms with Crippen molar-refractivity contribution in [1.82, 2.24) is 4.98 Å². The van der Waals surface area contributed by atoms with Crippen LogP contribution in [0.15, 0.2) is 77.0 Å². The van der Waals surface area contributed by atoms with E-state index >= 15 is 0 Å². The van der Waals surface area contributed by atoms with E-state index in [0.29, 0.717) is 23.0 Å². The van der Waals surface area contributed by atoms with E-state index in [9.17, 15) is 8.42 Å². The monoisotopic (exact) mass is 485 g/mol. The van der Waals surface area contributed by atoms with Crippen molar-refractivity contribution >= 4 is 44.3 Å². The number of anilines is 2. The lowest BCUT2D eigenvalue weighted by Gasteiger charge is -2.10. The van der Waals surface area contributed by atoms with Crippen LogP contribution in [0.4, 0.5) is 11.4 Å². The molecule has 0 atom stereocenters. The fourth-order valence-electron chi connectivity index (χ4n) is 3.04. The molecule has 0 bridgehead atoms. The number of ether oxygens (including phenoxy) is 1. The summed E-state index contributed by atoms with van der Waals surface area (Å²) in [6.07, 6.45) is 0. The van der Waals surface area contributed by atoms with Crippen molar-refractivity contribution in [3.63, 3.8) is 0 Å². The molecule has 6 nitrogen and oxygen atoms in total. The van der Waals surface area contributed by atoms with E-state index < -0.39 is 10.0 Å². The zero-order chi connectivity index (χ0) is 22.7. The molecular formula is C23H20ClN3O3S2. The van der Waals surface area contributed by atoms with Crippen molar-refractivity contribution in [2.24, 2.45) is 0 Å². The lowest BCUT2D eigenvalue weighted by Crippen LogP contribution is -2.12. The Labute approximate surface area is 195 Å². The largest absolute Gasteiger partial charge is 0.494 e. The summed E-state index contributed by atoms with van der Waals surface area (Å²) in [7, 11) is -3.75. The minimum atomic E-state index is -3.75. The zero-order valence-corrected chi connectivity index (χ0v) is 19.5. The Balaban J connectivity index is 1.54. The summed E-state index contributed by atoms with van der Waals surface area (Å²) in [4.78, 5) is 4.81. The molecule has 1 aromatic heterocycles. The minimum Gasteiger partial charge on any atom is -0.494 e. The summed E-state index contributed by atoms with van der Waals surface area (Å²) in [6.45, 7) is 2.56. The van der Waals surface area contributed by atoms with Crippen LogP contribution in [0.3, 0.4) is 0 Å². The molecule has 0 saturated heterocycles. The Morgan fingerprint density at radius 3 is 2.44 bits per heavy atom. The smallest absolute Gasteiger partial charge is 0.261 e. The molecule has 32 heavy (non-hydrogen) atoms. The van der Waals surface area contributed by atoms with Gasteiger partial charge in [-0.15, -0.1) is 11.3 Å². The molecular weight excluding hydrogens is 466 g/mol. The molecule has 4 rings (SSSR count). The molecule has 164 valence electrons. The third kappa shape index (κ3) is 4.88. The van der Waals surface area contributed by atoms with Crippen molar-refractivity contribution in [2.45, 2.75) is 11.8 Å². The fourth-order valence-corrected chi connectivity index (χ4v) is 5.19. The zero-order valence-electron chi connectivity index (χ0n) is 17.1. The Morgan fingerprint density at radius 2 is 1.78 bits per heavy atom. The van der Waals surface area contributed by atoms with E-state index in [1.165, 1.54) is 35.6 Å². The standard InChI is InChI=1S/C23H20ClN3O3S2/c1-2-30-18-8-3-15(4-9-18)23-26-22(14-31-23)20-12-7-17(13-21(20)24)27-32(28,29)19-10-5-16(25)6-11-19/h3-14,27H,2,25H2,1H3. The number of hydrogen-bond donors (Lipinski definition) is 2. The minimum absolute atomic E-state index is 0.117. The highest BCUT2D eigenvalue weighted by Gasteiger charge is 2.16. The van der Waals surface area contributed by atoms with Crippen LogP contribution in [-0.2, 0) is 10.0 Å². The number of rotatable bonds is 7. The van der Waals surface area contributed by atoms with Crippen LogP contribution >= 0.6 is 22.9 Å². The first-order valence-corrected chi connectivity index (χ1v) is 12.5. The van der Waals surface area contributed by atoms with Crippen molar-refractivity contribution in [2.75, 3.05) is 17.1 Å². The highest BCUT2D eigenvalue weighted by molar-refractivity contribution is 7.92. The normalized spacial score (nSPS) is 11.3. The topological polar surface area (TPSA) is 94.3 Å². The van der Waals surface area contributed by atoms with Gasteiger partial charge in [0.25, 0.3) is 10.0 Å². The summed E-state index contributed by atoms with van der Waals surface area (Å²) in [5.74, 6) is 0.813. The van der Waals surface area contributed by atoms with E-state index in [-0.39, 0.29) is 4.90 Å². The van der Waals surface area contributed by atoms with Gasteiger partial charge in [0.2, 0.25) is 0 Å². The number of hydrogen-bond acceptors (Lipinski definition) is 6. The van der Waals surface area contributed by atoms with Crippen LogP contribution in [0.25, 0.3) is 21.8 Å². The van der Waals surface area contributed by atoms with Gasteiger partial charge in [0.1, 0.15) is 10.8 Å². The molecule has 0 saturated carbocycles. The summed E-state index contributed by atoms with van der Waals surface area (Å²) < 4.78 is 33.2. The van der Waals surface area contributed by atoms with E-state index in [1.54, 1.807) is 18.2 Å². The maximum Gasteiger partial charge on any atom is 0.261 e. The Morgan fingerprint density at radius 1 is 1.06 bits per heavy atom. The van der Waals surface area contributed by atoms with Gasteiger partial charge >= 0.3 is 0 Å². The highest BCUT2D eigenvalue weighted by Crippen LogP contribution is 2.35. The molecule has 0 aliphatic heterocycles. The molecule has 0 spiro atoms. The number of aromatic nitrogens is 1. The van der Waals surface area contributed by atoms with E-state index in [1.807, 2.05) is 36.6 Å². The van der Waals surface area contributed by atoms with E-state index in [2.05, 4.69) is 4.72 Å². The van der Waals surface area contributed by atoms with Gasteiger partial charge in [-0.1, -0.05) is 11.6 Å². The van der Waals surface area contributed by atoms with Crippen LogP contribution in [0.1, 0.15) is 6.92 Å². The van der Waals surface area contributed by atoms with Gasteiger partial charge in [0, 0.05) is 22.2 Å². The van der Waals surface area contributed by atoms with E-state index in [4.69, 9.17) is 27.1 Å². The van der Waals surface area contributed by atoms with Crippen LogP contribution in [0.5, 0.6) is 5.75 Å². The quantitative estimate of drug-likeness (QED) is 0.317. The lowest BCUT2D eigenvalue weighted by molar-refractivity contribution is 0.340. The maximum absolute atomic E-state index is 12.6. The molecule has 0 aliphatic carbocycles. The summed E-state index contributed by atoms with van der Waals surface area (Å²) in [6, 6.07) is 18.7. The molecule has 0 aliphatic rings. The van der Waals surface area contributed by atoms with Crippen molar-refractivity contribution in [3.05, 3.63) is 77.1 Å². The highest BCUT2D eigenvalue weighted by atomic mass is 35.5. The van der Waals surface area contributed by atoms with Crippen LogP contribution in [0.2, 0.25) is 5.02 Å². The van der Waals surface area contributed by atoms with Gasteiger partial charge in [-0.25, -0.2) is 13.4 Å². The number of nitrogens with two attached hydrogens (primary N) is 1. The molecule has 3 N–H and O–H groups in total. The van der Waals surface area contributed by atoms with Crippen LogP contribution in [-0.4, -0.2) is 20.0 Å². The SMILES string of the molecule is CCOc1ccc(-c2nc(-c3ccc(NS(=O)(=O)c4ccc(N)cc4)cc3Cl)cs2)cc1. The average molecular weight is 486 g/mol. The second kappa shape index (κ2) is 9.20. The molecule has 3 aromatic carbocycles. The van der Waals surface area contributed by atoms with Gasteiger partial charge in [-0.2, -0.15) is 0 Å². The second-order valence-corrected chi connectivity index (χ2v) is 9.81. The molecule has 0 fully saturated rings. The lowest BCUT2D eigenvalue weighted by atomic mass is 10.1. The van der Waals surface area contributed by atoms with Crippen molar-refractivity contribution in [3.8, 4) is 27.6 Å². The summed E-state index contributed by atoms with van der Waals surface area (Å²) >= 11 is 7.97. The van der Waals surface area contributed by atoms with Gasteiger partial charge in [0.05, 0.1) is 27.9 Å². The molecule has 0 radical (unpaired) electrons. The molecule has 9 heteroatoms. The Bertz CT molecular complexity index is 1340. The number of sulfonamides is 1. The van der Waals surface area contributed by atoms with Crippen LogP contribution < -0.4 is 15.2 Å². The Hall–Kier alpha value is -3.07. The number of nitrogen functional groups attached to an aromatic ring is 1. The van der Waals surface area contributed by atoms with Crippen molar-refractivity contribution < 1.29 is 13.2 Å². The second-order valence-electron chi connectivity index (χ2n) is 6.86. The number of nitrogens with one attached hydrogen (secondary N) is 1. The predicted octanol–water partition coefficient (Wildman–Crippen LogP) is 5.91. The number of nitrogens with zero attached hydrogens (tertiary/aromatic N) is 1. The van der Waals surface area contributed by atoms with Gasteiger partial charge in [-0.05, 0) is 73.7 Å². The summed E-state index contributed by atoms with van der Waals surface area (Å²) in [5.41, 5.74) is 8.90. The van der Waals surface area contributed by atoms with Gasteiger partial charge in [-0.3, -0.25) is 4.72 Å². The van der Waals surface area contributed by atoms with E-state index in [0.717, 1.165) is 27.6 Å². The summed E-state index contributed by atoms with van der Waals surface area (Å²) in [5, 5.41) is 3.17. The first-order chi connectivity index (χ1) is 15.4. The van der Waals surface area contributed by atoms with Gasteiger partial charge in [0.15, 0.2) is 0 Å². The third-order valence-electron chi connectivity index (χ3n) is 4.60. The Kier molecular flexibility index (Phi) is 6.36. The predicted molar refractivity (Wildman–Crippen MR) is 131 cm³/mol. The maximum atomic E-state index is 12.6.